The van der Waals surface area contributed by atoms with Gasteiger partial charge in [0.2, 0.25) is 0 Å². The summed E-state index contributed by atoms with van der Waals surface area (Å²) in [5.74, 6) is -1.86. The fourth-order valence-corrected chi connectivity index (χ4v) is 2.60. The molecule has 0 atom stereocenters. The van der Waals surface area contributed by atoms with E-state index in [9.17, 15) is 22.8 Å². The first kappa shape index (κ1) is 19.9. The zero-order valence-electron chi connectivity index (χ0n) is 14.9. The fraction of sp³-hybridized carbons (Fsp3) is 0.111. The van der Waals surface area contributed by atoms with Gasteiger partial charge < -0.3 is 16.2 Å². The average molecular weight is 405 g/mol. The molecule has 0 aliphatic rings. The van der Waals surface area contributed by atoms with Crippen molar-refractivity contribution in [2.24, 2.45) is 7.05 Å². The summed E-state index contributed by atoms with van der Waals surface area (Å²) in [5.41, 5.74) is 5.14. The van der Waals surface area contributed by atoms with Gasteiger partial charge in [-0.05, 0) is 36.4 Å². The number of rotatable bonds is 4. The SMILES string of the molecule is Cn1nc(C(F)(F)F)cc1-c1ccc(NC(=O)c2cccc(C(=O)O)c2)nc1N. The number of nitrogens with two attached hydrogens (primary N) is 1. The second-order valence-corrected chi connectivity index (χ2v) is 6.01. The van der Waals surface area contributed by atoms with Gasteiger partial charge in [0.05, 0.1) is 11.3 Å². The summed E-state index contributed by atoms with van der Waals surface area (Å²) in [5, 5.41) is 14.9. The van der Waals surface area contributed by atoms with Gasteiger partial charge >= 0.3 is 12.1 Å². The molecule has 0 aliphatic carbocycles. The third kappa shape index (κ3) is 4.18. The van der Waals surface area contributed by atoms with Gasteiger partial charge in [0.25, 0.3) is 5.91 Å². The molecule has 11 heteroatoms. The number of aromatic nitrogens is 3. The lowest BCUT2D eigenvalue weighted by Crippen LogP contribution is -2.14. The van der Waals surface area contributed by atoms with Crippen LogP contribution in [-0.2, 0) is 13.2 Å². The minimum absolute atomic E-state index is 0.0511. The van der Waals surface area contributed by atoms with Crippen molar-refractivity contribution < 1.29 is 27.9 Å². The number of pyridine rings is 1. The van der Waals surface area contributed by atoms with Gasteiger partial charge in [-0.1, -0.05) is 6.07 Å². The van der Waals surface area contributed by atoms with Gasteiger partial charge in [0, 0.05) is 18.2 Å². The standard InChI is InChI=1S/C18H14F3N5O3/c1-26-12(8-13(25-26)18(19,20)21)11-5-6-14(23-15(11)22)24-16(27)9-3-2-4-10(7-9)17(28)29/h2-8H,1H3,(H,28,29)(H3,22,23,24,27). The summed E-state index contributed by atoms with van der Waals surface area (Å²) >= 11 is 0. The third-order valence-electron chi connectivity index (χ3n) is 3.98. The number of aryl methyl sites for hydroxylation is 1. The lowest BCUT2D eigenvalue weighted by atomic mass is 10.1. The van der Waals surface area contributed by atoms with Crippen molar-refractivity contribution in [1.82, 2.24) is 14.8 Å². The van der Waals surface area contributed by atoms with E-state index in [2.05, 4.69) is 15.4 Å². The van der Waals surface area contributed by atoms with Crippen molar-refractivity contribution >= 4 is 23.5 Å². The second kappa shape index (κ2) is 7.26. The van der Waals surface area contributed by atoms with Crippen LogP contribution in [0.5, 0.6) is 0 Å². The zero-order valence-corrected chi connectivity index (χ0v) is 14.9. The molecule has 3 rings (SSSR count). The molecule has 0 aliphatic heterocycles. The average Bonchev–Trinajstić information content (AvgIpc) is 3.04. The van der Waals surface area contributed by atoms with Crippen LogP contribution in [0.25, 0.3) is 11.3 Å². The van der Waals surface area contributed by atoms with E-state index in [1.54, 1.807) is 0 Å². The number of nitrogens with zero attached hydrogens (tertiary/aromatic N) is 3. The Morgan fingerprint density at radius 1 is 1.14 bits per heavy atom. The van der Waals surface area contributed by atoms with Crippen LogP contribution in [0.2, 0.25) is 0 Å². The van der Waals surface area contributed by atoms with Gasteiger partial charge in [-0.25, -0.2) is 9.78 Å². The quantitative estimate of drug-likeness (QED) is 0.613. The normalized spacial score (nSPS) is 11.3. The highest BCUT2D eigenvalue weighted by molar-refractivity contribution is 6.05. The molecule has 2 aromatic heterocycles. The molecule has 3 aromatic rings. The van der Waals surface area contributed by atoms with Crippen molar-refractivity contribution in [3.8, 4) is 11.3 Å². The molecular formula is C18H14F3N5O3. The van der Waals surface area contributed by atoms with Crippen molar-refractivity contribution in [1.29, 1.82) is 0 Å². The number of aromatic carboxylic acids is 1. The number of carbonyl (C=O) groups excluding carboxylic acids is 1. The van der Waals surface area contributed by atoms with Crippen LogP contribution in [0.3, 0.4) is 0 Å². The molecule has 0 saturated carbocycles. The number of hydrogen-bond donors (Lipinski definition) is 3. The highest BCUT2D eigenvalue weighted by Crippen LogP contribution is 2.33. The summed E-state index contributed by atoms with van der Waals surface area (Å²) in [6.07, 6.45) is -4.60. The molecule has 0 spiro atoms. The Labute approximate surface area is 161 Å². The number of halogens is 3. The first-order valence-electron chi connectivity index (χ1n) is 8.09. The van der Waals surface area contributed by atoms with Crippen molar-refractivity contribution in [2.75, 3.05) is 11.1 Å². The van der Waals surface area contributed by atoms with Gasteiger partial charge in [-0.2, -0.15) is 18.3 Å². The van der Waals surface area contributed by atoms with E-state index >= 15 is 0 Å². The van der Waals surface area contributed by atoms with Gasteiger partial charge in [0.15, 0.2) is 5.69 Å². The summed E-state index contributed by atoms with van der Waals surface area (Å²) in [4.78, 5) is 27.3. The summed E-state index contributed by atoms with van der Waals surface area (Å²) in [7, 11) is 1.34. The van der Waals surface area contributed by atoms with E-state index in [0.29, 0.717) is 0 Å². The molecule has 29 heavy (non-hydrogen) atoms. The van der Waals surface area contributed by atoms with Crippen LogP contribution in [0.4, 0.5) is 24.8 Å². The molecular weight excluding hydrogens is 391 g/mol. The molecule has 1 aromatic carbocycles. The van der Waals surface area contributed by atoms with Crippen LogP contribution in [-0.4, -0.2) is 31.7 Å². The number of amides is 1. The molecule has 2 heterocycles. The van der Waals surface area contributed by atoms with E-state index < -0.39 is 23.7 Å². The van der Waals surface area contributed by atoms with Gasteiger partial charge in [0.1, 0.15) is 11.6 Å². The number of carboxylic acid groups (broad SMARTS) is 1. The third-order valence-corrected chi connectivity index (χ3v) is 3.98. The minimum atomic E-state index is -4.60. The molecule has 0 radical (unpaired) electrons. The number of benzene rings is 1. The summed E-state index contributed by atoms with van der Waals surface area (Å²) in [6, 6.07) is 9.01. The predicted molar refractivity (Wildman–Crippen MR) is 97.2 cm³/mol. The van der Waals surface area contributed by atoms with Crippen LogP contribution in [0.15, 0.2) is 42.5 Å². The van der Waals surface area contributed by atoms with E-state index in [4.69, 9.17) is 10.8 Å². The molecule has 8 nitrogen and oxygen atoms in total. The molecule has 4 N–H and O–H groups in total. The van der Waals surface area contributed by atoms with E-state index in [1.807, 2.05) is 0 Å². The Hall–Kier alpha value is -3.89. The monoisotopic (exact) mass is 405 g/mol. The molecule has 150 valence electrons. The first-order valence-corrected chi connectivity index (χ1v) is 8.09. The summed E-state index contributed by atoms with van der Waals surface area (Å²) < 4.78 is 39.5. The minimum Gasteiger partial charge on any atom is -0.478 e. The number of carbonyl (C=O) groups is 2. The van der Waals surface area contributed by atoms with E-state index in [0.717, 1.165) is 10.7 Å². The largest absolute Gasteiger partial charge is 0.478 e. The number of carboxylic acids is 1. The van der Waals surface area contributed by atoms with Crippen molar-refractivity contribution in [3.05, 3.63) is 59.3 Å². The van der Waals surface area contributed by atoms with Crippen LogP contribution in [0, 0.1) is 0 Å². The molecule has 0 bridgehead atoms. The molecule has 0 fully saturated rings. The number of hydrogen-bond acceptors (Lipinski definition) is 5. The lowest BCUT2D eigenvalue weighted by Gasteiger charge is -2.09. The lowest BCUT2D eigenvalue weighted by molar-refractivity contribution is -0.141. The zero-order chi connectivity index (χ0) is 21.3. The number of anilines is 2. The molecule has 0 unspecified atom stereocenters. The fourth-order valence-electron chi connectivity index (χ4n) is 2.60. The van der Waals surface area contributed by atoms with E-state index in [1.165, 1.54) is 43.4 Å². The maximum Gasteiger partial charge on any atom is 0.435 e. The van der Waals surface area contributed by atoms with Gasteiger partial charge in [-0.15, -0.1) is 0 Å². The molecule has 1 amide bonds. The van der Waals surface area contributed by atoms with Crippen LogP contribution < -0.4 is 11.1 Å². The number of nitrogen functional groups attached to an aromatic ring is 1. The smallest absolute Gasteiger partial charge is 0.435 e. The number of alkyl halides is 3. The first-order chi connectivity index (χ1) is 13.6. The topological polar surface area (TPSA) is 123 Å². The second-order valence-electron chi connectivity index (χ2n) is 6.01. The Morgan fingerprint density at radius 3 is 2.41 bits per heavy atom. The Bertz CT molecular complexity index is 1110. The van der Waals surface area contributed by atoms with E-state index in [-0.39, 0.29) is 34.0 Å². The predicted octanol–water partition coefficient (Wildman–Crippen LogP) is 3.03. The highest BCUT2D eigenvalue weighted by Gasteiger charge is 2.35. The maximum absolute atomic E-state index is 12.8. The molecule has 0 saturated heterocycles. The Kier molecular flexibility index (Phi) is 4.97. The Balaban J connectivity index is 1.85. The number of nitrogens with one attached hydrogen (secondary N) is 1. The van der Waals surface area contributed by atoms with Crippen LogP contribution in [0.1, 0.15) is 26.4 Å². The highest BCUT2D eigenvalue weighted by atomic mass is 19.4. The maximum atomic E-state index is 12.8. The van der Waals surface area contributed by atoms with Crippen LogP contribution >= 0.6 is 0 Å². The van der Waals surface area contributed by atoms with Crippen molar-refractivity contribution in [2.45, 2.75) is 6.18 Å². The van der Waals surface area contributed by atoms with Crippen molar-refractivity contribution in [3.63, 3.8) is 0 Å². The summed E-state index contributed by atoms with van der Waals surface area (Å²) in [6.45, 7) is 0. The van der Waals surface area contributed by atoms with Gasteiger partial charge in [-0.3, -0.25) is 9.48 Å². The Morgan fingerprint density at radius 2 is 1.83 bits per heavy atom.